The number of rotatable bonds is 10. The van der Waals surface area contributed by atoms with E-state index < -0.39 is 28.0 Å². The molecule has 3 aromatic heterocycles. The topological polar surface area (TPSA) is 218 Å². The van der Waals surface area contributed by atoms with Crippen LogP contribution in [0.25, 0.3) is 0 Å². The maximum atomic E-state index is 12.1. The SMILES string of the molecule is CCCc1oc(C(=O)O)cc(=O)c1OCc1ccc(C)cc1.CCCc1oc(CO)cc(=O)c1O.O=c1cc(CO)occ1O. The molecule has 4 aromatic rings. The van der Waals surface area contributed by atoms with Gasteiger partial charge in [-0.05, 0) is 25.3 Å². The summed E-state index contributed by atoms with van der Waals surface area (Å²) < 4.78 is 20.5. The summed E-state index contributed by atoms with van der Waals surface area (Å²) in [5.41, 5.74) is 0.545. The Balaban J connectivity index is 0.000000259. The second kappa shape index (κ2) is 17.9. The fraction of sp³-hybridized carbons (Fsp3) is 0.312. The van der Waals surface area contributed by atoms with Crippen LogP contribution in [0.5, 0.6) is 17.2 Å². The third-order valence-corrected chi connectivity index (χ3v) is 5.86. The minimum absolute atomic E-state index is 0.0902. The predicted molar refractivity (Wildman–Crippen MR) is 161 cm³/mol. The Kier molecular flexibility index (Phi) is 14.3. The van der Waals surface area contributed by atoms with E-state index >= 15 is 0 Å². The zero-order valence-electron chi connectivity index (χ0n) is 25.1. The number of carbonyl (C=O) groups is 1. The van der Waals surface area contributed by atoms with Crippen molar-refractivity contribution < 1.29 is 48.3 Å². The van der Waals surface area contributed by atoms with Gasteiger partial charge < -0.3 is 43.5 Å². The number of aromatic carboxylic acids is 1. The van der Waals surface area contributed by atoms with E-state index in [1.807, 2.05) is 45.0 Å². The van der Waals surface area contributed by atoms with Gasteiger partial charge in [-0.15, -0.1) is 0 Å². The molecule has 45 heavy (non-hydrogen) atoms. The number of aryl methyl sites for hydroxylation is 3. The normalized spacial score (nSPS) is 10.2. The van der Waals surface area contributed by atoms with E-state index in [4.69, 9.17) is 34.0 Å². The van der Waals surface area contributed by atoms with Crippen molar-refractivity contribution in [1.82, 2.24) is 0 Å². The second-order valence-corrected chi connectivity index (χ2v) is 9.57. The maximum absolute atomic E-state index is 12.1. The zero-order valence-corrected chi connectivity index (χ0v) is 25.1. The lowest BCUT2D eigenvalue weighted by molar-refractivity contribution is 0.0655. The van der Waals surface area contributed by atoms with Gasteiger partial charge >= 0.3 is 5.97 Å². The number of hydrogen-bond donors (Lipinski definition) is 5. The van der Waals surface area contributed by atoms with Crippen LogP contribution in [-0.4, -0.2) is 31.5 Å². The summed E-state index contributed by atoms with van der Waals surface area (Å²) in [7, 11) is 0. The lowest BCUT2D eigenvalue weighted by atomic mass is 10.2. The molecule has 0 bridgehead atoms. The van der Waals surface area contributed by atoms with Crippen molar-refractivity contribution in [2.75, 3.05) is 0 Å². The highest BCUT2D eigenvalue weighted by molar-refractivity contribution is 5.84. The van der Waals surface area contributed by atoms with Gasteiger partial charge in [0, 0.05) is 31.0 Å². The molecular weight excluding hydrogens is 592 g/mol. The quantitative estimate of drug-likeness (QED) is 0.169. The van der Waals surface area contributed by atoms with E-state index in [1.165, 1.54) is 0 Å². The first-order valence-electron chi connectivity index (χ1n) is 13.9. The number of ether oxygens (including phenoxy) is 1. The molecule has 0 aliphatic carbocycles. The highest BCUT2D eigenvalue weighted by Crippen LogP contribution is 2.19. The van der Waals surface area contributed by atoms with Gasteiger partial charge in [0.25, 0.3) is 0 Å². The Morgan fingerprint density at radius 2 is 1.40 bits per heavy atom. The molecule has 0 saturated carbocycles. The van der Waals surface area contributed by atoms with Crippen LogP contribution in [-0.2, 0) is 32.7 Å². The average Bonchev–Trinajstić information content (AvgIpc) is 3.02. The molecule has 4 rings (SSSR count). The Morgan fingerprint density at radius 1 is 0.800 bits per heavy atom. The van der Waals surface area contributed by atoms with Crippen molar-refractivity contribution in [2.45, 2.75) is 66.3 Å². The Morgan fingerprint density at radius 3 is 1.96 bits per heavy atom. The van der Waals surface area contributed by atoms with Crippen LogP contribution in [0.4, 0.5) is 0 Å². The summed E-state index contributed by atoms with van der Waals surface area (Å²) in [6.07, 6.45) is 3.32. The lowest BCUT2D eigenvalue weighted by Gasteiger charge is -2.10. The molecule has 3 heterocycles. The summed E-state index contributed by atoms with van der Waals surface area (Å²) in [6, 6.07) is 10.8. The third-order valence-electron chi connectivity index (χ3n) is 5.86. The number of carboxylic acid groups (broad SMARTS) is 1. The number of aromatic hydroxyl groups is 2. The van der Waals surface area contributed by atoms with Gasteiger partial charge in [0.1, 0.15) is 43.4 Å². The van der Waals surface area contributed by atoms with Gasteiger partial charge in [0.2, 0.25) is 33.5 Å². The minimum atomic E-state index is -1.26. The summed E-state index contributed by atoms with van der Waals surface area (Å²) in [4.78, 5) is 44.7. The molecule has 13 nitrogen and oxygen atoms in total. The molecule has 0 aliphatic heterocycles. The maximum Gasteiger partial charge on any atom is 0.371 e. The highest BCUT2D eigenvalue weighted by Gasteiger charge is 2.17. The summed E-state index contributed by atoms with van der Waals surface area (Å²) >= 11 is 0. The van der Waals surface area contributed by atoms with Gasteiger partial charge in [-0.2, -0.15) is 0 Å². The minimum Gasteiger partial charge on any atom is -0.502 e. The van der Waals surface area contributed by atoms with Gasteiger partial charge in [-0.1, -0.05) is 43.7 Å². The first kappa shape index (κ1) is 36.1. The van der Waals surface area contributed by atoms with Crippen LogP contribution in [0.3, 0.4) is 0 Å². The monoisotopic (exact) mass is 628 g/mol. The summed E-state index contributed by atoms with van der Waals surface area (Å²) in [5, 5.41) is 44.0. The van der Waals surface area contributed by atoms with E-state index in [-0.39, 0.29) is 60.1 Å². The number of carboxylic acids is 1. The van der Waals surface area contributed by atoms with Crippen molar-refractivity contribution in [3.63, 3.8) is 0 Å². The van der Waals surface area contributed by atoms with Gasteiger partial charge in [0.05, 0.1) is 0 Å². The predicted octanol–water partition coefficient (Wildman–Crippen LogP) is 3.81. The molecule has 0 radical (unpaired) electrons. The largest absolute Gasteiger partial charge is 0.502 e. The van der Waals surface area contributed by atoms with Gasteiger partial charge in [-0.25, -0.2) is 4.79 Å². The molecule has 13 heteroatoms. The fourth-order valence-corrected chi connectivity index (χ4v) is 3.61. The Bertz CT molecular complexity index is 1710. The molecule has 0 aliphatic rings. The lowest BCUT2D eigenvalue weighted by Crippen LogP contribution is -2.13. The third kappa shape index (κ3) is 11.1. The number of benzene rings is 1. The van der Waals surface area contributed by atoms with E-state index in [9.17, 15) is 24.3 Å². The van der Waals surface area contributed by atoms with E-state index in [1.54, 1.807) is 0 Å². The van der Waals surface area contributed by atoms with Crippen LogP contribution in [0.15, 0.2) is 76.4 Å². The number of hydrogen-bond acceptors (Lipinski definition) is 12. The zero-order chi connectivity index (χ0) is 33.5. The molecule has 0 atom stereocenters. The molecule has 0 fully saturated rings. The first-order chi connectivity index (χ1) is 21.4. The first-order valence-corrected chi connectivity index (χ1v) is 13.9. The van der Waals surface area contributed by atoms with E-state index in [0.717, 1.165) is 42.0 Å². The molecule has 0 amide bonds. The van der Waals surface area contributed by atoms with Crippen LogP contribution in [0, 0.1) is 6.92 Å². The van der Waals surface area contributed by atoms with E-state index in [0.29, 0.717) is 19.3 Å². The molecule has 0 spiro atoms. The average molecular weight is 629 g/mol. The van der Waals surface area contributed by atoms with Crippen molar-refractivity contribution in [2.24, 2.45) is 0 Å². The molecule has 242 valence electrons. The van der Waals surface area contributed by atoms with Crippen LogP contribution in [0.1, 0.15) is 71.4 Å². The van der Waals surface area contributed by atoms with Crippen molar-refractivity contribution in [1.29, 1.82) is 0 Å². The van der Waals surface area contributed by atoms with Crippen LogP contribution < -0.4 is 21.0 Å². The molecule has 0 saturated heterocycles. The fourth-order valence-electron chi connectivity index (χ4n) is 3.61. The number of aliphatic hydroxyl groups is 2. The van der Waals surface area contributed by atoms with Gasteiger partial charge in [-0.3, -0.25) is 14.4 Å². The second-order valence-electron chi connectivity index (χ2n) is 9.57. The van der Waals surface area contributed by atoms with Crippen molar-refractivity contribution >= 4 is 5.97 Å². The van der Waals surface area contributed by atoms with Gasteiger partial charge in [0.15, 0.2) is 11.5 Å². The summed E-state index contributed by atoms with van der Waals surface area (Å²) in [5.74, 6) is -1.48. The van der Waals surface area contributed by atoms with Crippen LogP contribution >= 0.6 is 0 Å². The van der Waals surface area contributed by atoms with Crippen LogP contribution in [0.2, 0.25) is 0 Å². The number of aliphatic hydroxyl groups excluding tert-OH is 2. The van der Waals surface area contributed by atoms with E-state index in [2.05, 4.69) is 4.42 Å². The Labute approximate surface area is 257 Å². The molecular formula is C32H36O13. The molecule has 5 N–H and O–H groups in total. The highest BCUT2D eigenvalue weighted by atomic mass is 16.5. The molecule has 1 aromatic carbocycles. The standard InChI is InChI=1S/C17H18O5.C9H12O4.C6H6O4/c1-3-4-14-16(13(18)9-15(22-14)17(19)20)21-10-12-7-5-11(2)6-8-12;1-2-3-8-9(12)7(11)4-6(5-10)13-8;7-2-4-1-5(8)6(9)3-10-4/h5-9H,3-4,10H2,1-2H3,(H,19,20);4,10,12H,2-3,5H2,1H3;1,3,7,9H,2H2. The summed E-state index contributed by atoms with van der Waals surface area (Å²) in [6.45, 7) is 5.38. The smallest absolute Gasteiger partial charge is 0.371 e. The van der Waals surface area contributed by atoms with Crippen molar-refractivity contribution in [3.8, 4) is 17.2 Å². The molecule has 0 unspecified atom stereocenters. The van der Waals surface area contributed by atoms with Crippen molar-refractivity contribution in [3.05, 3.63) is 119 Å². The Hall–Kier alpha value is -5.14.